The Morgan fingerprint density at radius 2 is 1.86 bits per heavy atom. The van der Waals surface area contributed by atoms with Gasteiger partial charge in [-0.05, 0) is 33.3 Å². The largest absolute Gasteiger partial charge is 0.340 e. The van der Waals surface area contributed by atoms with Crippen LogP contribution in [-0.2, 0) is 9.59 Å². The van der Waals surface area contributed by atoms with E-state index in [0.717, 1.165) is 11.1 Å². The lowest BCUT2D eigenvalue weighted by Gasteiger charge is -2.42. The first-order valence-electron chi connectivity index (χ1n) is 7.14. The van der Waals surface area contributed by atoms with Gasteiger partial charge in [0, 0.05) is 6.54 Å². The lowest BCUT2D eigenvalue weighted by Crippen LogP contribution is -2.64. The van der Waals surface area contributed by atoms with E-state index in [9.17, 15) is 9.59 Å². The Kier molecular flexibility index (Phi) is 4.16. The van der Waals surface area contributed by atoms with Crippen molar-refractivity contribution in [3.8, 4) is 0 Å². The summed E-state index contributed by atoms with van der Waals surface area (Å²) in [6.45, 7) is 7.89. The van der Waals surface area contributed by atoms with Crippen LogP contribution in [0.15, 0.2) is 42.0 Å². The summed E-state index contributed by atoms with van der Waals surface area (Å²) in [5, 5.41) is 2.82. The van der Waals surface area contributed by atoms with Crippen LogP contribution in [0.2, 0.25) is 0 Å². The molecule has 1 unspecified atom stereocenters. The molecule has 0 aromatic heterocycles. The summed E-state index contributed by atoms with van der Waals surface area (Å²) in [5.74, 6) is -0.193. The normalized spacial score (nSPS) is 21.0. The van der Waals surface area contributed by atoms with Gasteiger partial charge in [-0.15, -0.1) is 0 Å². The first kappa shape index (κ1) is 15.3. The molecule has 1 heterocycles. The molecule has 0 saturated carbocycles. The summed E-state index contributed by atoms with van der Waals surface area (Å²) in [4.78, 5) is 26.8. The number of nitrogens with one attached hydrogen (secondary N) is 1. The maximum atomic E-state index is 12.7. The Morgan fingerprint density at radius 3 is 2.43 bits per heavy atom. The number of rotatable bonds is 3. The van der Waals surface area contributed by atoms with Crippen molar-refractivity contribution in [3.05, 3.63) is 47.5 Å². The molecule has 1 aliphatic rings. The molecule has 2 amide bonds. The van der Waals surface area contributed by atoms with Crippen molar-refractivity contribution in [1.29, 1.82) is 0 Å². The summed E-state index contributed by atoms with van der Waals surface area (Å²) in [5.41, 5.74) is 1.09. The predicted octanol–water partition coefficient (Wildman–Crippen LogP) is 2.43. The van der Waals surface area contributed by atoms with Crippen LogP contribution in [0.4, 0.5) is 0 Å². The first-order valence-corrected chi connectivity index (χ1v) is 7.14. The zero-order valence-corrected chi connectivity index (χ0v) is 13.0. The molecule has 0 radical (unpaired) electrons. The molecule has 1 aromatic rings. The predicted molar refractivity (Wildman–Crippen MR) is 82.5 cm³/mol. The maximum absolute atomic E-state index is 12.7. The van der Waals surface area contributed by atoms with Gasteiger partial charge in [-0.2, -0.15) is 0 Å². The lowest BCUT2D eigenvalue weighted by atomic mass is 9.93. The summed E-state index contributed by atoms with van der Waals surface area (Å²) >= 11 is 0. The van der Waals surface area contributed by atoms with Crippen molar-refractivity contribution in [2.45, 2.75) is 39.3 Å². The fourth-order valence-electron chi connectivity index (χ4n) is 2.48. The molecule has 2 rings (SSSR count). The number of benzene rings is 1. The summed E-state index contributed by atoms with van der Waals surface area (Å²) in [6, 6.07) is 8.85. The van der Waals surface area contributed by atoms with Gasteiger partial charge in [0.2, 0.25) is 11.8 Å². The second-order valence-electron chi connectivity index (χ2n) is 6.17. The van der Waals surface area contributed by atoms with E-state index >= 15 is 0 Å². The van der Waals surface area contributed by atoms with Gasteiger partial charge in [-0.25, -0.2) is 0 Å². The third kappa shape index (κ3) is 3.15. The van der Waals surface area contributed by atoms with Crippen LogP contribution in [0.1, 0.15) is 39.3 Å². The minimum atomic E-state index is -0.863. The molecule has 112 valence electrons. The number of hydrogen-bond acceptors (Lipinski definition) is 2. The van der Waals surface area contributed by atoms with Gasteiger partial charge in [0.15, 0.2) is 0 Å². The summed E-state index contributed by atoms with van der Waals surface area (Å²) in [7, 11) is 0. The van der Waals surface area contributed by atoms with E-state index in [1.165, 1.54) is 0 Å². The molecule has 1 N–H and O–H groups in total. The van der Waals surface area contributed by atoms with Crippen molar-refractivity contribution in [2.75, 3.05) is 6.54 Å². The highest BCUT2D eigenvalue weighted by Gasteiger charge is 2.45. The van der Waals surface area contributed by atoms with E-state index < -0.39 is 11.6 Å². The third-order valence-electron chi connectivity index (χ3n) is 3.60. The fourth-order valence-corrected chi connectivity index (χ4v) is 2.48. The maximum Gasteiger partial charge on any atom is 0.248 e. The smallest absolute Gasteiger partial charge is 0.248 e. The highest BCUT2D eigenvalue weighted by molar-refractivity contribution is 5.99. The van der Waals surface area contributed by atoms with Crippen LogP contribution < -0.4 is 5.32 Å². The van der Waals surface area contributed by atoms with E-state index in [1.54, 1.807) is 18.7 Å². The standard InChI is InChI=1S/C17H22N2O2/c1-12(2)10-11-19-14(13-8-6-5-7-9-13)15(20)18-17(3,4)16(19)21/h5-10,14H,11H2,1-4H3,(H,18,20). The van der Waals surface area contributed by atoms with Crippen LogP contribution in [-0.4, -0.2) is 28.8 Å². The van der Waals surface area contributed by atoms with Crippen molar-refractivity contribution < 1.29 is 9.59 Å². The zero-order valence-electron chi connectivity index (χ0n) is 13.0. The molecule has 0 aliphatic carbocycles. The van der Waals surface area contributed by atoms with E-state index in [2.05, 4.69) is 5.32 Å². The van der Waals surface area contributed by atoms with E-state index in [0.29, 0.717) is 6.54 Å². The molecule has 4 heteroatoms. The molecule has 0 bridgehead atoms. The van der Waals surface area contributed by atoms with Crippen molar-refractivity contribution >= 4 is 11.8 Å². The van der Waals surface area contributed by atoms with E-state index in [-0.39, 0.29) is 11.8 Å². The van der Waals surface area contributed by atoms with Crippen molar-refractivity contribution in [2.24, 2.45) is 0 Å². The average molecular weight is 286 g/mol. The number of hydrogen-bond donors (Lipinski definition) is 1. The van der Waals surface area contributed by atoms with Crippen molar-refractivity contribution in [3.63, 3.8) is 0 Å². The van der Waals surface area contributed by atoms with Crippen LogP contribution in [0, 0.1) is 0 Å². The minimum absolute atomic E-state index is 0.0616. The van der Waals surface area contributed by atoms with Crippen LogP contribution >= 0.6 is 0 Å². The molecule has 1 aliphatic heterocycles. The van der Waals surface area contributed by atoms with Crippen LogP contribution in [0.5, 0.6) is 0 Å². The quantitative estimate of drug-likeness (QED) is 0.868. The number of amides is 2. The van der Waals surface area contributed by atoms with Gasteiger partial charge < -0.3 is 10.2 Å². The highest BCUT2D eigenvalue weighted by atomic mass is 16.2. The van der Waals surface area contributed by atoms with Gasteiger partial charge in [0.05, 0.1) is 0 Å². The molecule has 1 aromatic carbocycles. The Hall–Kier alpha value is -2.10. The fraction of sp³-hybridized carbons (Fsp3) is 0.412. The Balaban J connectivity index is 2.41. The summed E-state index contributed by atoms with van der Waals surface area (Å²) in [6.07, 6.45) is 1.97. The Bertz CT molecular complexity index is 572. The topological polar surface area (TPSA) is 49.4 Å². The van der Waals surface area contributed by atoms with Gasteiger partial charge >= 0.3 is 0 Å². The molecule has 21 heavy (non-hydrogen) atoms. The molecule has 0 spiro atoms. The number of allylic oxidation sites excluding steroid dienone is 1. The van der Waals surface area contributed by atoms with Gasteiger partial charge in [0.25, 0.3) is 0 Å². The zero-order chi connectivity index (χ0) is 15.6. The second kappa shape index (κ2) is 5.72. The number of piperazine rings is 1. The molecule has 4 nitrogen and oxygen atoms in total. The molecule has 1 saturated heterocycles. The molecular weight excluding hydrogens is 264 g/mol. The summed E-state index contributed by atoms with van der Waals surface area (Å²) < 4.78 is 0. The van der Waals surface area contributed by atoms with Gasteiger partial charge in [0.1, 0.15) is 11.6 Å². The minimum Gasteiger partial charge on any atom is -0.340 e. The van der Waals surface area contributed by atoms with Gasteiger partial charge in [-0.3, -0.25) is 9.59 Å². The number of carbonyl (C=O) groups is 2. The highest BCUT2D eigenvalue weighted by Crippen LogP contribution is 2.29. The average Bonchev–Trinajstić information content (AvgIpc) is 2.41. The van der Waals surface area contributed by atoms with E-state index in [1.807, 2.05) is 50.3 Å². The molecular formula is C17H22N2O2. The van der Waals surface area contributed by atoms with Crippen molar-refractivity contribution in [1.82, 2.24) is 10.2 Å². The monoisotopic (exact) mass is 286 g/mol. The van der Waals surface area contributed by atoms with Crippen LogP contribution in [0.25, 0.3) is 0 Å². The van der Waals surface area contributed by atoms with E-state index in [4.69, 9.17) is 0 Å². The molecule has 1 fully saturated rings. The van der Waals surface area contributed by atoms with Crippen LogP contribution in [0.3, 0.4) is 0 Å². The number of carbonyl (C=O) groups excluding carboxylic acids is 2. The Labute approximate surface area is 125 Å². The van der Waals surface area contributed by atoms with Gasteiger partial charge in [-0.1, -0.05) is 42.0 Å². The molecule has 1 atom stereocenters. The first-order chi connectivity index (χ1) is 9.83. The number of nitrogens with zero attached hydrogens (tertiary/aromatic N) is 1. The third-order valence-corrected chi connectivity index (χ3v) is 3.60. The SMILES string of the molecule is CC(C)=CCN1C(=O)C(C)(C)NC(=O)C1c1ccccc1. The lowest BCUT2D eigenvalue weighted by molar-refractivity contribution is -0.153. The Morgan fingerprint density at radius 1 is 1.24 bits per heavy atom. The second-order valence-corrected chi connectivity index (χ2v) is 6.17.